The van der Waals surface area contributed by atoms with E-state index in [2.05, 4.69) is 15.6 Å². The molecule has 4 rings (SSSR count). The lowest BCUT2D eigenvalue weighted by atomic mass is 10.1. The molecule has 0 aliphatic carbocycles. The number of pyridine rings is 1. The highest BCUT2D eigenvalue weighted by Crippen LogP contribution is 2.28. The van der Waals surface area contributed by atoms with Crippen LogP contribution in [-0.4, -0.2) is 16.0 Å². The molecule has 1 heterocycles. The molecule has 6 heteroatoms. The van der Waals surface area contributed by atoms with Gasteiger partial charge in [-0.1, -0.05) is 36.4 Å². The molecular weight excluding hydrogens is 385 g/mol. The Bertz CT molecular complexity index is 1190. The molecule has 1 amide bonds. The normalized spacial score (nSPS) is 10.5. The molecule has 0 bridgehead atoms. The Morgan fingerprint density at radius 2 is 1.59 bits per heavy atom. The van der Waals surface area contributed by atoms with Gasteiger partial charge in [0.2, 0.25) is 0 Å². The van der Waals surface area contributed by atoms with Crippen molar-refractivity contribution in [3.05, 3.63) is 96.3 Å². The molecule has 2 N–H and O–H groups in total. The van der Waals surface area contributed by atoms with Crippen LogP contribution in [0.4, 0.5) is 10.1 Å². The topological polar surface area (TPSA) is 54.0 Å². The maximum absolute atomic E-state index is 13.3. The van der Waals surface area contributed by atoms with Crippen molar-refractivity contribution in [2.24, 2.45) is 0 Å². The van der Waals surface area contributed by atoms with Crippen LogP contribution in [0.1, 0.15) is 10.4 Å². The van der Waals surface area contributed by atoms with Gasteiger partial charge in [0.15, 0.2) is 5.11 Å². The Labute approximate surface area is 172 Å². The van der Waals surface area contributed by atoms with Gasteiger partial charge in [0.1, 0.15) is 5.82 Å². The van der Waals surface area contributed by atoms with E-state index in [1.54, 1.807) is 36.4 Å². The van der Waals surface area contributed by atoms with E-state index >= 15 is 0 Å². The third-order valence-electron chi connectivity index (χ3n) is 4.37. The second-order valence-electron chi connectivity index (χ2n) is 6.35. The van der Waals surface area contributed by atoms with Crippen molar-refractivity contribution in [2.45, 2.75) is 0 Å². The maximum atomic E-state index is 13.3. The largest absolute Gasteiger partial charge is 0.332 e. The summed E-state index contributed by atoms with van der Waals surface area (Å²) in [6.07, 6.45) is 0. The van der Waals surface area contributed by atoms with Crippen molar-refractivity contribution in [1.82, 2.24) is 10.3 Å². The average molecular weight is 401 g/mol. The molecule has 0 unspecified atom stereocenters. The van der Waals surface area contributed by atoms with Crippen molar-refractivity contribution in [3.8, 4) is 11.3 Å². The van der Waals surface area contributed by atoms with E-state index in [0.717, 1.165) is 16.5 Å². The van der Waals surface area contributed by atoms with Crippen LogP contribution in [0.25, 0.3) is 22.2 Å². The number of fused-ring (bicyclic) bond motifs is 1. The lowest BCUT2D eigenvalue weighted by molar-refractivity contribution is 0.0977. The highest BCUT2D eigenvalue weighted by molar-refractivity contribution is 7.80. The van der Waals surface area contributed by atoms with Gasteiger partial charge in [0.25, 0.3) is 5.91 Å². The Morgan fingerprint density at radius 1 is 0.897 bits per heavy atom. The molecule has 4 nitrogen and oxygen atoms in total. The Morgan fingerprint density at radius 3 is 2.34 bits per heavy atom. The van der Waals surface area contributed by atoms with Crippen LogP contribution in [-0.2, 0) is 0 Å². The SMILES string of the molecule is O=C(NC(=S)Nc1cc(-c2ccc(F)cc2)nc2ccccc12)c1ccccc1. The fourth-order valence-corrected chi connectivity index (χ4v) is 3.17. The van der Waals surface area contributed by atoms with Gasteiger partial charge in [0, 0.05) is 16.5 Å². The maximum Gasteiger partial charge on any atom is 0.257 e. The minimum absolute atomic E-state index is 0.181. The first kappa shape index (κ1) is 18.7. The predicted molar refractivity (Wildman–Crippen MR) is 117 cm³/mol. The zero-order valence-electron chi connectivity index (χ0n) is 15.2. The molecule has 29 heavy (non-hydrogen) atoms. The molecule has 0 fully saturated rings. The van der Waals surface area contributed by atoms with Gasteiger partial charge in [-0.3, -0.25) is 10.1 Å². The number of amides is 1. The van der Waals surface area contributed by atoms with Crippen LogP contribution in [0.2, 0.25) is 0 Å². The predicted octanol–water partition coefficient (Wildman–Crippen LogP) is 5.17. The number of hydrogen-bond donors (Lipinski definition) is 2. The van der Waals surface area contributed by atoms with E-state index in [-0.39, 0.29) is 16.8 Å². The van der Waals surface area contributed by atoms with Crippen LogP contribution in [0.5, 0.6) is 0 Å². The van der Waals surface area contributed by atoms with Crippen molar-refractivity contribution >= 4 is 39.8 Å². The summed E-state index contributed by atoms with van der Waals surface area (Å²) < 4.78 is 13.3. The van der Waals surface area contributed by atoms with Gasteiger partial charge >= 0.3 is 0 Å². The molecule has 3 aromatic carbocycles. The first-order chi connectivity index (χ1) is 14.1. The fourth-order valence-electron chi connectivity index (χ4n) is 2.97. The summed E-state index contributed by atoms with van der Waals surface area (Å²) in [6, 6.07) is 24.4. The van der Waals surface area contributed by atoms with Crippen molar-refractivity contribution in [2.75, 3.05) is 5.32 Å². The summed E-state index contributed by atoms with van der Waals surface area (Å²) in [5.74, 6) is -0.599. The average Bonchev–Trinajstić information content (AvgIpc) is 2.74. The van der Waals surface area contributed by atoms with Gasteiger partial charge in [-0.15, -0.1) is 0 Å². The van der Waals surface area contributed by atoms with Gasteiger partial charge < -0.3 is 5.32 Å². The molecule has 0 aliphatic rings. The summed E-state index contributed by atoms with van der Waals surface area (Å²) in [7, 11) is 0. The molecule has 142 valence electrons. The molecule has 0 radical (unpaired) electrons. The molecule has 0 aliphatic heterocycles. The summed E-state index contributed by atoms with van der Waals surface area (Å²) in [4.78, 5) is 17.0. The minimum Gasteiger partial charge on any atom is -0.332 e. The van der Waals surface area contributed by atoms with Gasteiger partial charge in [0.05, 0.1) is 16.9 Å². The fraction of sp³-hybridized carbons (Fsp3) is 0. The number of halogens is 1. The summed E-state index contributed by atoms with van der Waals surface area (Å²) >= 11 is 5.34. The first-order valence-electron chi connectivity index (χ1n) is 8.93. The number of para-hydroxylation sites is 1. The van der Waals surface area contributed by atoms with Crippen molar-refractivity contribution in [3.63, 3.8) is 0 Å². The number of nitrogens with one attached hydrogen (secondary N) is 2. The van der Waals surface area contributed by atoms with E-state index in [4.69, 9.17) is 12.2 Å². The molecule has 1 aromatic heterocycles. The number of carbonyl (C=O) groups is 1. The van der Waals surface area contributed by atoms with Crippen LogP contribution in [0, 0.1) is 5.82 Å². The van der Waals surface area contributed by atoms with Crippen LogP contribution >= 0.6 is 12.2 Å². The van der Waals surface area contributed by atoms with Gasteiger partial charge in [-0.25, -0.2) is 9.37 Å². The van der Waals surface area contributed by atoms with E-state index in [1.165, 1.54) is 12.1 Å². The van der Waals surface area contributed by atoms with E-state index in [9.17, 15) is 9.18 Å². The van der Waals surface area contributed by atoms with Gasteiger partial charge in [-0.05, 0) is 60.7 Å². The minimum atomic E-state index is -0.308. The van der Waals surface area contributed by atoms with E-state index in [0.29, 0.717) is 16.9 Å². The Hall–Kier alpha value is -3.64. The van der Waals surface area contributed by atoms with Crippen molar-refractivity contribution in [1.29, 1.82) is 0 Å². The molecule has 0 saturated carbocycles. The monoisotopic (exact) mass is 401 g/mol. The number of rotatable bonds is 3. The molecule has 4 aromatic rings. The molecule has 0 spiro atoms. The van der Waals surface area contributed by atoms with Crippen LogP contribution in [0.15, 0.2) is 84.9 Å². The molecule has 0 saturated heterocycles. The number of benzene rings is 3. The summed E-state index contributed by atoms with van der Waals surface area (Å²) in [5.41, 5.74) is 3.42. The highest BCUT2D eigenvalue weighted by atomic mass is 32.1. The van der Waals surface area contributed by atoms with Crippen molar-refractivity contribution < 1.29 is 9.18 Å². The number of anilines is 1. The smallest absolute Gasteiger partial charge is 0.257 e. The highest BCUT2D eigenvalue weighted by Gasteiger charge is 2.11. The quantitative estimate of drug-likeness (QED) is 0.465. The number of carbonyl (C=O) groups excluding carboxylic acids is 1. The number of thiocarbonyl (C=S) groups is 1. The second-order valence-corrected chi connectivity index (χ2v) is 6.76. The van der Waals surface area contributed by atoms with E-state index in [1.807, 2.05) is 36.4 Å². The second kappa shape index (κ2) is 8.16. The molecule has 0 atom stereocenters. The number of hydrogen-bond acceptors (Lipinski definition) is 3. The zero-order valence-corrected chi connectivity index (χ0v) is 16.0. The number of aromatic nitrogens is 1. The summed E-state index contributed by atoms with van der Waals surface area (Å²) in [5, 5.41) is 6.82. The lowest BCUT2D eigenvalue weighted by Gasteiger charge is -2.13. The third kappa shape index (κ3) is 4.28. The van der Waals surface area contributed by atoms with Crippen LogP contribution in [0.3, 0.4) is 0 Å². The standard InChI is InChI=1S/C23H16FN3OS/c24-17-12-10-15(11-13-17)20-14-21(18-8-4-5-9-19(18)25-20)26-23(29)27-22(28)16-6-2-1-3-7-16/h1-14H,(H2,25,26,27,28,29). The zero-order chi connectivity index (χ0) is 20.2. The van der Waals surface area contributed by atoms with Gasteiger partial charge in [-0.2, -0.15) is 0 Å². The Kier molecular flexibility index (Phi) is 5.27. The Balaban J connectivity index is 1.64. The van der Waals surface area contributed by atoms with E-state index < -0.39 is 0 Å². The summed E-state index contributed by atoms with van der Waals surface area (Å²) in [6.45, 7) is 0. The van der Waals surface area contributed by atoms with Crippen LogP contribution < -0.4 is 10.6 Å². The molecular formula is C23H16FN3OS. The number of nitrogens with zero attached hydrogens (tertiary/aromatic N) is 1. The lowest BCUT2D eigenvalue weighted by Crippen LogP contribution is -2.34. The first-order valence-corrected chi connectivity index (χ1v) is 9.34. The third-order valence-corrected chi connectivity index (χ3v) is 4.57.